The van der Waals surface area contributed by atoms with Gasteiger partial charge in [0, 0.05) is 6.04 Å². The highest BCUT2D eigenvalue weighted by Crippen LogP contribution is 2.27. The number of imidazole rings is 1. The number of para-hydroxylation sites is 2. The lowest BCUT2D eigenvalue weighted by Crippen LogP contribution is -2.43. The lowest BCUT2D eigenvalue weighted by atomic mass is 9.95. The van der Waals surface area contributed by atoms with Gasteiger partial charge in [0.2, 0.25) is 0 Å². The molecule has 0 radical (unpaired) electrons. The van der Waals surface area contributed by atoms with E-state index in [0.717, 1.165) is 37.9 Å². The number of halogens is 1. The normalized spacial score (nSPS) is 14.6. The van der Waals surface area contributed by atoms with Gasteiger partial charge in [0.05, 0.1) is 23.6 Å². The highest BCUT2D eigenvalue weighted by molar-refractivity contribution is 6.32. The molecule has 4 aromatic rings. The molecule has 0 amide bonds. The summed E-state index contributed by atoms with van der Waals surface area (Å²) in [5.74, 6) is 0.759. The number of rotatable bonds is 6. The smallest absolute Gasteiger partial charge is 0.337 e. The Morgan fingerprint density at radius 1 is 0.970 bits per heavy atom. The molecular formula is C25H25ClN4O3. The molecule has 0 spiro atoms. The molecule has 1 aliphatic rings. The van der Waals surface area contributed by atoms with Crippen LogP contribution >= 0.6 is 11.6 Å². The van der Waals surface area contributed by atoms with E-state index in [1.54, 1.807) is 23.0 Å². The van der Waals surface area contributed by atoms with Gasteiger partial charge in [0.25, 0.3) is 5.56 Å². The minimum atomic E-state index is -0.390. The molecule has 1 aliphatic carbocycles. The van der Waals surface area contributed by atoms with E-state index < -0.39 is 5.69 Å². The Morgan fingerprint density at radius 3 is 2.45 bits per heavy atom. The molecule has 0 saturated heterocycles. The van der Waals surface area contributed by atoms with Crippen LogP contribution < -0.4 is 16.0 Å². The lowest BCUT2D eigenvalue weighted by Gasteiger charge is -2.24. The number of benzene rings is 2. The van der Waals surface area contributed by atoms with E-state index in [-0.39, 0.29) is 11.6 Å². The van der Waals surface area contributed by atoms with E-state index in [4.69, 9.17) is 16.3 Å². The van der Waals surface area contributed by atoms with Crippen LogP contribution in [-0.4, -0.2) is 25.3 Å². The number of hydrogen-bond donors (Lipinski definition) is 0. The second-order valence-corrected chi connectivity index (χ2v) is 8.72. The van der Waals surface area contributed by atoms with Gasteiger partial charge in [-0.05, 0) is 37.1 Å². The summed E-state index contributed by atoms with van der Waals surface area (Å²) in [4.78, 5) is 31.8. The monoisotopic (exact) mass is 464 g/mol. The molecule has 7 nitrogen and oxygen atoms in total. The van der Waals surface area contributed by atoms with Gasteiger partial charge < -0.3 is 9.30 Å². The number of fused-ring (bicyclic) bond motifs is 1. The van der Waals surface area contributed by atoms with Gasteiger partial charge in [0.1, 0.15) is 12.4 Å². The van der Waals surface area contributed by atoms with Crippen LogP contribution in [0.1, 0.15) is 38.1 Å². The van der Waals surface area contributed by atoms with Gasteiger partial charge in [0.15, 0.2) is 11.2 Å². The van der Waals surface area contributed by atoms with Crippen molar-refractivity contribution >= 4 is 22.8 Å². The van der Waals surface area contributed by atoms with E-state index >= 15 is 0 Å². The van der Waals surface area contributed by atoms with Crippen molar-refractivity contribution in [3.8, 4) is 11.4 Å². The third-order valence-corrected chi connectivity index (χ3v) is 6.55. The van der Waals surface area contributed by atoms with Crippen LogP contribution in [0.3, 0.4) is 0 Å². The van der Waals surface area contributed by atoms with Crippen molar-refractivity contribution in [2.75, 3.05) is 6.61 Å². The zero-order valence-corrected chi connectivity index (χ0v) is 18.9. The maximum Gasteiger partial charge on any atom is 0.337 e. The molecule has 0 bridgehead atoms. The number of nitrogens with zero attached hydrogens (tertiary/aromatic N) is 4. The van der Waals surface area contributed by atoms with Crippen molar-refractivity contribution < 1.29 is 4.74 Å². The quantitative estimate of drug-likeness (QED) is 0.418. The highest BCUT2D eigenvalue weighted by atomic mass is 35.5. The van der Waals surface area contributed by atoms with Gasteiger partial charge in [-0.1, -0.05) is 61.2 Å². The molecule has 0 N–H and O–H groups in total. The van der Waals surface area contributed by atoms with Crippen LogP contribution in [0.25, 0.3) is 16.9 Å². The third kappa shape index (κ3) is 4.09. The summed E-state index contributed by atoms with van der Waals surface area (Å²) < 4.78 is 10.5. The van der Waals surface area contributed by atoms with Gasteiger partial charge in [-0.15, -0.1) is 0 Å². The van der Waals surface area contributed by atoms with Crippen LogP contribution in [0.4, 0.5) is 0 Å². The summed E-state index contributed by atoms with van der Waals surface area (Å²) in [5.41, 5.74) is 0.520. The first-order valence-corrected chi connectivity index (χ1v) is 11.7. The van der Waals surface area contributed by atoms with Crippen molar-refractivity contribution in [1.29, 1.82) is 0 Å². The van der Waals surface area contributed by atoms with Crippen molar-refractivity contribution in [2.45, 2.75) is 44.7 Å². The van der Waals surface area contributed by atoms with Gasteiger partial charge in [-0.2, -0.15) is 0 Å². The summed E-state index contributed by atoms with van der Waals surface area (Å²) in [6.07, 6.45) is 6.36. The predicted octanol–water partition coefficient (Wildman–Crippen LogP) is 4.59. The average Bonchev–Trinajstić information content (AvgIpc) is 3.26. The second-order valence-electron chi connectivity index (χ2n) is 8.31. The zero-order chi connectivity index (χ0) is 22.8. The summed E-state index contributed by atoms with van der Waals surface area (Å²) in [5, 5.41) is 0.428. The maximum absolute atomic E-state index is 13.7. The Balaban J connectivity index is 1.63. The molecular weight excluding hydrogens is 440 g/mol. The average molecular weight is 465 g/mol. The highest BCUT2D eigenvalue weighted by Gasteiger charge is 2.25. The van der Waals surface area contributed by atoms with Crippen molar-refractivity contribution in [3.63, 3.8) is 0 Å². The summed E-state index contributed by atoms with van der Waals surface area (Å²) in [6, 6.07) is 16.5. The Morgan fingerprint density at radius 2 is 1.70 bits per heavy atom. The van der Waals surface area contributed by atoms with Crippen molar-refractivity contribution in [1.82, 2.24) is 18.7 Å². The predicted molar refractivity (Wildman–Crippen MR) is 129 cm³/mol. The fraction of sp³-hybridized carbons (Fsp3) is 0.320. The third-order valence-electron chi connectivity index (χ3n) is 6.23. The molecule has 8 heteroatoms. The van der Waals surface area contributed by atoms with Crippen LogP contribution in [0.15, 0.2) is 70.5 Å². The first-order chi connectivity index (χ1) is 16.1. The van der Waals surface area contributed by atoms with Crippen LogP contribution in [0.2, 0.25) is 5.02 Å². The molecule has 0 atom stereocenters. The minimum absolute atomic E-state index is 0.124. The fourth-order valence-corrected chi connectivity index (χ4v) is 4.83. The van der Waals surface area contributed by atoms with E-state index in [0.29, 0.717) is 35.0 Å². The molecule has 33 heavy (non-hydrogen) atoms. The lowest BCUT2D eigenvalue weighted by molar-refractivity contribution is 0.299. The van der Waals surface area contributed by atoms with Crippen LogP contribution in [0, 0.1) is 0 Å². The Bertz CT molecular complexity index is 1380. The zero-order valence-electron chi connectivity index (χ0n) is 18.2. The SMILES string of the molecule is O=c1c2c(ncn2CCOc2ccccc2)n(-c2ccccc2Cl)c(=O)n1C1CCCCC1. The van der Waals surface area contributed by atoms with Crippen LogP contribution in [-0.2, 0) is 6.54 Å². The van der Waals surface area contributed by atoms with Crippen molar-refractivity contribution in [3.05, 3.63) is 86.8 Å². The van der Waals surface area contributed by atoms with Crippen LogP contribution in [0.5, 0.6) is 5.75 Å². The number of ether oxygens (including phenoxy) is 1. The summed E-state index contributed by atoms with van der Waals surface area (Å²) in [7, 11) is 0. The first kappa shape index (κ1) is 21.5. The molecule has 0 aliphatic heterocycles. The summed E-state index contributed by atoms with van der Waals surface area (Å²) >= 11 is 6.47. The van der Waals surface area contributed by atoms with E-state index in [9.17, 15) is 9.59 Å². The van der Waals surface area contributed by atoms with Gasteiger partial charge in [-0.25, -0.2) is 14.3 Å². The molecule has 0 unspecified atom stereocenters. The topological polar surface area (TPSA) is 71.1 Å². The Kier molecular flexibility index (Phi) is 6.05. The van der Waals surface area contributed by atoms with Gasteiger partial charge >= 0.3 is 5.69 Å². The molecule has 5 rings (SSSR count). The minimum Gasteiger partial charge on any atom is -0.492 e. The van der Waals surface area contributed by atoms with E-state index in [2.05, 4.69) is 4.98 Å². The molecule has 2 aromatic carbocycles. The van der Waals surface area contributed by atoms with E-state index in [1.807, 2.05) is 42.5 Å². The largest absolute Gasteiger partial charge is 0.492 e. The first-order valence-electron chi connectivity index (χ1n) is 11.3. The maximum atomic E-state index is 13.7. The molecule has 1 fully saturated rings. The van der Waals surface area contributed by atoms with Crippen molar-refractivity contribution in [2.24, 2.45) is 0 Å². The van der Waals surface area contributed by atoms with Gasteiger partial charge in [-0.3, -0.25) is 9.36 Å². The second kappa shape index (κ2) is 9.27. The molecule has 170 valence electrons. The Hall–Kier alpha value is -3.32. The molecule has 2 heterocycles. The number of hydrogen-bond acceptors (Lipinski definition) is 4. The number of aromatic nitrogens is 4. The Labute approximate surface area is 195 Å². The standard InChI is InChI=1S/C25H25ClN4O3/c26-20-13-7-8-14-21(20)30-23-22(24(31)29(25(30)32)18-9-3-1-4-10-18)28(17-27-23)15-16-33-19-11-5-2-6-12-19/h2,5-8,11-14,17-18H,1,3-4,9-10,15-16H2. The summed E-state index contributed by atoms with van der Waals surface area (Å²) in [6.45, 7) is 0.787. The molecule has 1 saturated carbocycles. The van der Waals surface area contributed by atoms with E-state index in [1.165, 1.54) is 9.13 Å². The fourth-order valence-electron chi connectivity index (χ4n) is 4.61. The molecule has 2 aromatic heterocycles.